The Morgan fingerprint density at radius 2 is 1.79 bits per heavy atom. The zero-order valence-electron chi connectivity index (χ0n) is 12.1. The Morgan fingerprint density at radius 1 is 1.11 bits per heavy atom. The van der Waals surface area contributed by atoms with Crippen LogP contribution in [0.4, 0.5) is 0 Å². The normalized spacial score (nSPS) is 26.9. The van der Waals surface area contributed by atoms with Gasteiger partial charge < -0.3 is 11.1 Å². The van der Waals surface area contributed by atoms with Gasteiger partial charge in [0.25, 0.3) is 0 Å². The SMILES string of the molecule is NC[C@H]1CCN(CC(=O)NC2CCCCCCC2)C1. The number of hydrogen-bond acceptors (Lipinski definition) is 3. The minimum atomic E-state index is 0.211. The summed E-state index contributed by atoms with van der Waals surface area (Å²) in [6, 6.07) is 0.417. The standard InChI is InChI=1S/C15H29N3O/c16-10-13-8-9-18(11-13)12-15(19)17-14-6-4-2-1-3-5-7-14/h13-14H,1-12,16H2,(H,17,19)/t13-/m1/s1. The van der Waals surface area contributed by atoms with Crippen LogP contribution in [0, 0.1) is 5.92 Å². The van der Waals surface area contributed by atoms with Crippen molar-refractivity contribution in [3.8, 4) is 0 Å². The Morgan fingerprint density at radius 3 is 2.42 bits per heavy atom. The van der Waals surface area contributed by atoms with Crippen molar-refractivity contribution in [1.82, 2.24) is 10.2 Å². The number of carbonyl (C=O) groups excluding carboxylic acids is 1. The van der Waals surface area contributed by atoms with Crippen LogP contribution in [0.5, 0.6) is 0 Å². The molecule has 4 heteroatoms. The molecule has 0 unspecified atom stereocenters. The molecule has 1 aliphatic heterocycles. The molecule has 3 N–H and O–H groups in total. The smallest absolute Gasteiger partial charge is 0.234 e. The van der Waals surface area contributed by atoms with Crippen LogP contribution >= 0.6 is 0 Å². The Kier molecular flexibility index (Phi) is 6.11. The number of carbonyl (C=O) groups is 1. The maximum Gasteiger partial charge on any atom is 0.234 e. The summed E-state index contributed by atoms with van der Waals surface area (Å²) in [5, 5.41) is 3.23. The van der Waals surface area contributed by atoms with Gasteiger partial charge in [-0.15, -0.1) is 0 Å². The molecular formula is C15H29N3O. The van der Waals surface area contributed by atoms with E-state index in [0.29, 0.717) is 18.5 Å². The van der Waals surface area contributed by atoms with E-state index in [1.165, 1.54) is 32.1 Å². The maximum absolute atomic E-state index is 12.1. The van der Waals surface area contributed by atoms with Gasteiger partial charge in [-0.3, -0.25) is 9.69 Å². The predicted octanol–water partition coefficient (Wildman–Crippen LogP) is 1.50. The van der Waals surface area contributed by atoms with E-state index in [0.717, 1.165) is 38.9 Å². The minimum Gasteiger partial charge on any atom is -0.352 e. The molecule has 1 heterocycles. The summed E-state index contributed by atoms with van der Waals surface area (Å²) in [5.41, 5.74) is 5.68. The second kappa shape index (κ2) is 7.85. The van der Waals surface area contributed by atoms with E-state index in [1.807, 2.05) is 0 Å². The fourth-order valence-electron chi connectivity index (χ4n) is 3.33. The molecule has 1 atom stereocenters. The van der Waals surface area contributed by atoms with Gasteiger partial charge in [0.05, 0.1) is 6.54 Å². The molecule has 19 heavy (non-hydrogen) atoms. The molecule has 110 valence electrons. The first-order valence-electron chi connectivity index (χ1n) is 7.99. The Labute approximate surface area is 117 Å². The lowest BCUT2D eigenvalue weighted by Crippen LogP contribution is -2.42. The minimum absolute atomic E-state index is 0.211. The third-order valence-corrected chi connectivity index (χ3v) is 4.54. The molecule has 0 spiro atoms. The summed E-state index contributed by atoms with van der Waals surface area (Å²) >= 11 is 0. The van der Waals surface area contributed by atoms with Crippen LogP contribution in [0.3, 0.4) is 0 Å². The van der Waals surface area contributed by atoms with Crippen LogP contribution in [0.15, 0.2) is 0 Å². The number of rotatable bonds is 4. The second-order valence-electron chi connectivity index (χ2n) is 6.24. The van der Waals surface area contributed by atoms with Gasteiger partial charge in [-0.05, 0) is 38.3 Å². The summed E-state index contributed by atoms with van der Waals surface area (Å²) in [7, 11) is 0. The monoisotopic (exact) mass is 267 g/mol. The van der Waals surface area contributed by atoms with Gasteiger partial charge in [0.1, 0.15) is 0 Å². The van der Waals surface area contributed by atoms with E-state index in [1.54, 1.807) is 0 Å². The molecule has 0 aromatic carbocycles. The van der Waals surface area contributed by atoms with Crippen molar-refractivity contribution >= 4 is 5.91 Å². The van der Waals surface area contributed by atoms with Crippen LogP contribution in [0.1, 0.15) is 51.4 Å². The van der Waals surface area contributed by atoms with Gasteiger partial charge in [-0.1, -0.05) is 32.1 Å². The molecule has 0 aromatic heterocycles. The number of likely N-dealkylation sites (tertiary alicyclic amines) is 1. The van der Waals surface area contributed by atoms with E-state index >= 15 is 0 Å². The predicted molar refractivity (Wildman–Crippen MR) is 77.9 cm³/mol. The topological polar surface area (TPSA) is 58.4 Å². The highest BCUT2D eigenvalue weighted by Gasteiger charge is 2.23. The third-order valence-electron chi connectivity index (χ3n) is 4.54. The number of nitrogens with two attached hydrogens (primary N) is 1. The van der Waals surface area contributed by atoms with Crippen molar-refractivity contribution in [1.29, 1.82) is 0 Å². The first-order valence-corrected chi connectivity index (χ1v) is 7.99. The number of nitrogens with one attached hydrogen (secondary N) is 1. The fraction of sp³-hybridized carbons (Fsp3) is 0.933. The maximum atomic E-state index is 12.1. The van der Waals surface area contributed by atoms with Gasteiger partial charge in [-0.25, -0.2) is 0 Å². The van der Waals surface area contributed by atoms with Crippen molar-refractivity contribution in [2.75, 3.05) is 26.2 Å². The van der Waals surface area contributed by atoms with Gasteiger partial charge in [0.2, 0.25) is 5.91 Å². The van der Waals surface area contributed by atoms with Gasteiger partial charge >= 0.3 is 0 Å². The molecule has 1 saturated heterocycles. The summed E-state index contributed by atoms with van der Waals surface area (Å²) in [6.07, 6.45) is 10.0. The van der Waals surface area contributed by atoms with Gasteiger partial charge in [0, 0.05) is 12.6 Å². The van der Waals surface area contributed by atoms with Crippen LogP contribution in [0.25, 0.3) is 0 Å². The second-order valence-corrected chi connectivity index (χ2v) is 6.24. The quantitative estimate of drug-likeness (QED) is 0.811. The van der Waals surface area contributed by atoms with Crippen LogP contribution in [-0.4, -0.2) is 43.0 Å². The highest BCUT2D eigenvalue weighted by molar-refractivity contribution is 5.78. The summed E-state index contributed by atoms with van der Waals surface area (Å²) in [5.74, 6) is 0.803. The molecular weight excluding hydrogens is 238 g/mol. The van der Waals surface area contributed by atoms with Crippen molar-refractivity contribution in [2.45, 2.75) is 57.4 Å². The fourth-order valence-corrected chi connectivity index (χ4v) is 3.33. The first-order chi connectivity index (χ1) is 9.28. The van der Waals surface area contributed by atoms with E-state index in [9.17, 15) is 4.79 Å². The van der Waals surface area contributed by atoms with E-state index in [-0.39, 0.29) is 5.91 Å². The molecule has 1 saturated carbocycles. The first kappa shape index (κ1) is 14.8. The van der Waals surface area contributed by atoms with Crippen molar-refractivity contribution in [3.05, 3.63) is 0 Å². The molecule has 1 amide bonds. The largest absolute Gasteiger partial charge is 0.352 e. The van der Waals surface area contributed by atoms with E-state index < -0.39 is 0 Å². The zero-order chi connectivity index (χ0) is 13.5. The lowest BCUT2D eigenvalue weighted by atomic mass is 9.97. The van der Waals surface area contributed by atoms with E-state index in [2.05, 4.69) is 10.2 Å². The molecule has 2 aliphatic rings. The number of hydrogen-bond donors (Lipinski definition) is 2. The molecule has 0 radical (unpaired) electrons. The van der Waals surface area contributed by atoms with Crippen LogP contribution in [-0.2, 0) is 4.79 Å². The molecule has 1 aliphatic carbocycles. The van der Waals surface area contributed by atoms with Gasteiger partial charge in [0.15, 0.2) is 0 Å². The zero-order valence-corrected chi connectivity index (χ0v) is 12.1. The third kappa shape index (κ3) is 5.11. The Hall–Kier alpha value is -0.610. The van der Waals surface area contributed by atoms with Crippen LogP contribution in [0.2, 0.25) is 0 Å². The van der Waals surface area contributed by atoms with Crippen LogP contribution < -0.4 is 11.1 Å². The Balaban J connectivity index is 1.68. The van der Waals surface area contributed by atoms with Crippen molar-refractivity contribution < 1.29 is 4.79 Å². The number of amides is 1. The average Bonchev–Trinajstić information content (AvgIpc) is 2.80. The Bertz CT molecular complexity index is 275. The van der Waals surface area contributed by atoms with Crippen molar-refractivity contribution in [3.63, 3.8) is 0 Å². The average molecular weight is 267 g/mol. The van der Waals surface area contributed by atoms with E-state index in [4.69, 9.17) is 5.73 Å². The molecule has 0 aromatic rings. The molecule has 2 fully saturated rings. The lowest BCUT2D eigenvalue weighted by molar-refractivity contribution is -0.122. The number of nitrogens with zero attached hydrogens (tertiary/aromatic N) is 1. The molecule has 4 nitrogen and oxygen atoms in total. The summed E-state index contributed by atoms with van der Waals surface area (Å²) in [4.78, 5) is 14.3. The van der Waals surface area contributed by atoms with Gasteiger partial charge in [-0.2, -0.15) is 0 Å². The lowest BCUT2D eigenvalue weighted by Gasteiger charge is -2.23. The van der Waals surface area contributed by atoms with Crippen molar-refractivity contribution in [2.24, 2.45) is 11.7 Å². The highest BCUT2D eigenvalue weighted by Crippen LogP contribution is 2.17. The molecule has 0 bridgehead atoms. The summed E-state index contributed by atoms with van der Waals surface area (Å²) < 4.78 is 0. The summed E-state index contributed by atoms with van der Waals surface area (Å²) in [6.45, 7) is 3.34. The molecule has 2 rings (SSSR count). The highest BCUT2D eigenvalue weighted by atomic mass is 16.2.